The molecule has 0 radical (unpaired) electrons. The first-order valence-electron chi connectivity index (χ1n) is 9.10. The molecule has 4 fully saturated rings. The lowest BCUT2D eigenvalue weighted by Gasteiger charge is -2.55. The molecule has 0 N–H and O–H groups in total. The number of halogens is 1. The fraction of sp³-hybridized carbons (Fsp3) is 0.600. The van der Waals surface area contributed by atoms with Crippen LogP contribution in [0.25, 0.3) is 0 Å². The number of benzene rings is 1. The van der Waals surface area contributed by atoms with Crippen LogP contribution in [0.3, 0.4) is 0 Å². The highest BCUT2D eigenvalue weighted by Crippen LogP contribution is 2.60. The van der Waals surface area contributed by atoms with E-state index >= 15 is 0 Å². The van der Waals surface area contributed by atoms with Crippen molar-refractivity contribution in [2.24, 2.45) is 23.2 Å². The Balaban J connectivity index is 1.28. The summed E-state index contributed by atoms with van der Waals surface area (Å²) < 4.78 is 23.4. The van der Waals surface area contributed by atoms with Crippen LogP contribution in [-0.4, -0.2) is 25.0 Å². The van der Waals surface area contributed by atoms with Crippen molar-refractivity contribution in [2.75, 3.05) is 13.2 Å². The van der Waals surface area contributed by atoms with Crippen molar-refractivity contribution in [2.45, 2.75) is 38.5 Å². The van der Waals surface area contributed by atoms with Crippen LogP contribution in [0.5, 0.6) is 5.75 Å². The number of ether oxygens (including phenoxy) is 2. The molecule has 0 aliphatic heterocycles. The minimum atomic E-state index is -0.595. The minimum Gasteiger partial charge on any atom is -0.482 e. The van der Waals surface area contributed by atoms with Crippen LogP contribution in [0.15, 0.2) is 24.3 Å². The molecule has 5 heteroatoms. The van der Waals surface area contributed by atoms with Gasteiger partial charge in [-0.1, -0.05) is 6.07 Å². The van der Waals surface area contributed by atoms with Crippen molar-refractivity contribution < 1.29 is 23.5 Å². The second-order valence-electron chi connectivity index (χ2n) is 8.03. The third kappa shape index (κ3) is 3.42. The molecule has 0 atom stereocenters. The first kappa shape index (κ1) is 16.6. The second-order valence-corrected chi connectivity index (χ2v) is 8.03. The average molecular weight is 346 g/mol. The molecule has 0 aromatic heterocycles. The molecule has 0 saturated heterocycles. The highest BCUT2D eigenvalue weighted by molar-refractivity contribution is 5.88. The molecule has 4 aliphatic rings. The summed E-state index contributed by atoms with van der Waals surface area (Å²) in [5.41, 5.74) is -0.252. The third-order valence-electron chi connectivity index (χ3n) is 6.15. The summed E-state index contributed by atoms with van der Waals surface area (Å²) in [5, 5.41) is 0. The van der Waals surface area contributed by atoms with Gasteiger partial charge >= 0.3 is 5.97 Å². The van der Waals surface area contributed by atoms with Crippen molar-refractivity contribution in [1.82, 2.24) is 0 Å². The lowest BCUT2D eigenvalue weighted by atomic mass is 9.48. The van der Waals surface area contributed by atoms with E-state index in [0.717, 1.165) is 19.3 Å². The summed E-state index contributed by atoms with van der Waals surface area (Å²) in [6.07, 6.45) is 6.72. The van der Waals surface area contributed by atoms with Crippen LogP contribution in [0.2, 0.25) is 0 Å². The van der Waals surface area contributed by atoms with Gasteiger partial charge in [0, 0.05) is 11.5 Å². The van der Waals surface area contributed by atoms with Gasteiger partial charge in [0.2, 0.25) is 0 Å². The van der Waals surface area contributed by atoms with Gasteiger partial charge in [-0.3, -0.25) is 4.79 Å². The van der Waals surface area contributed by atoms with Crippen LogP contribution in [0.4, 0.5) is 4.39 Å². The quantitative estimate of drug-likeness (QED) is 0.740. The number of hydrogen-bond donors (Lipinski definition) is 0. The van der Waals surface area contributed by atoms with E-state index in [1.165, 1.54) is 37.5 Å². The SMILES string of the molecule is O=C(COc1cccc(F)c1)OCC(=O)C12CC3CC(CC(C3)C1)C2. The number of rotatable bonds is 6. The number of carbonyl (C=O) groups is 2. The maximum absolute atomic E-state index is 13.1. The molecule has 0 amide bonds. The fourth-order valence-corrected chi connectivity index (χ4v) is 5.49. The number of hydrogen-bond acceptors (Lipinski definition) is 4. The molecule has 4 bridgehead atoms. The number of Topliss-reactive ketones (excluding diaryl/α,β-unsaturated/α-hetero) is 1. The van der Waals surface area contributed by atoms with Crippen molar-refractivity contribution in [3.63, 3.8) is 0 Å². The van der Waals surface area contributed by atoms with Gasteiger partial charge in [-0.25, -0.2) is 9.18 Å². The minimum absolute atomic E-state index is 0.0747. The number of ketones is 1. The zero-order valence-corrected chi connectivity index (χ0v) is 14.2. The van der Waals surface area contributed by atoms with Crippen molar-refractivity contribution in [3.8, 4) is 5.75 Å². The summed E-state index contributed by atoms with van der Waals surface area (Å²) in [5.74, 6) is 1.37. The summed E-state index contributed by atoms with van der Waals surface area (Å²) in [7, 11) is 0. The van der Waals surface area contributed by atoms with Crippen molar-refractivity contribution in [1.29, 1.82) is 0 Å². The van der Waals surface area contributed by atoms with Crippen LogP contribution in [0.1, 0.15) is 38.5 Å². The monoisotopic (exact) mass is 346 g/mol. The zero-order chi connectivity index (χ0) is 17.4. The topological polar surface area (TPSA) is 52.6 Å². The van der Waals surface area contributed by atoms with E-state index in [0.29, 0.717) is 17.8 Å². The molecule has 25 heavy (non-hydrogen) atoms. The standard InChI is InChI=1S/C20H23FO4/c21-16-2-1-3-17(7-16)24-12-19(23)25-11-18(22)20-8-13-4-14(9-20)6-15(5-13)10-20/h1-3,7,13-15H,4-6,8-12H2. The Morgan fingerprint density at radius 2 is 1.68 bits per heavy atom. The van der Waals surface area contributed by atoms with E-state index in [1.807, 2.05) is 0 Å². The number of carbonyl (C=O) groups excluding carboxylic acids is 2. The van der Waals surface area contributed by atoms with Gasteiger partial charge in [0.05, 0.1) is 0 Å². The van der Waals surface area contributed by atoms with Gasteiger partial charge in [-0.05, 0) is 68.4 Å². The van der Waals surface area contributed by atoms with Crippen molar-refractivity contribution >= 4 is 11.8 Å². The molecule has 0 unspecified atom stereocenters. The normalized spacial score (nSPS) is 32.4. The molecule has 1 aromatic carbocycles. The average Bonchev–Trinajstić information content (AvgIpc) is 2.56. The predicted octanol–water partition coefficient (Wildman–Crippen LogP) is 3.53. The Hall–Kier alpha value is -1.91. The molecular formula is C20H23FO4. The maximum atomic E-state index is 13.1. The molecule has 4 aliphatic carbocycles. The molecule has 0 heterocycles. The first-order valence-corrected chi connectivity index (χ1v) is 9.10. The fourth-order valence-electron chi connectivity index (χ4n) is 5.49. The molecule has 4 saturated carbocycles. The van der Waals surface area contributed by atoms with Crippen LogP contribution in [-0.2, 0) is 14.3 Å². The van der Waals surface area contributed by atoms with Crippen molar-refractivity contribution in [3.05, 3.63) is 30.1 Å². The Labute approximate surface area is 146 Å². The maximum Gasteiger partial charge on any atom is 0.344 e. The third-order valence-corrected chi connectivity index (χ3v) is 6.15. The van der Waals surface area contributed by atoms with Gasteiger partial charge in [0.25, 0.3) is 0 Å². The van der Waals surface area contributed by atoms with Gasteiger partial charge < -0.3 is 9.47 Å². The predicted molar refractivity (Wildman–Crippen MR) is 88.5 cm³/mol. The van der Waals surface area contributed by atoms with Gasteiger partial charge in [0.1, 0.15) is 11.6 Å². The highest BCUT2D eigenvalue weighted by Gasteiger charge is 2.54. The molecule has 134 valence electrons. The summed E-state index contributed by atoms with van der Waals surface area (Å²) in [6, 6.07) is 5.58. The van der Waals surface area contributed by atoms with Crippen LogP contribution < -0.4 is 4.74 Å². The number of esters is 1. The Bertz CT molecular complexity index is 649. The first-order chi connectivity index (χ1) is 12.0. The van der Waals surface area contributed by atoms with E-state index in [9.17, 15) is 14.0 Å². The summed E-state index contributed by atoms with van der Waals surface area (Å²) >= 11 is 0. The zero-order valence-electron chi connectivity index (χ0n) is 14.2. The van der Waals surface area contributed by atoms with E-state index in [4.69, 9.17) is 9.47 Å². The summed E-state index contributed by atoms with van der Waals surface area (Å²) in [4.78, 5) is 24.6. The smallest absolute Gasteiger partial charge is 0.344 e. The van der Waals surface area contributed by atoms with Crippen LogP contribution >= 0.6 is 0 Å². The van der Waals surface area contributed by atoms with E-state index in [2.05, 4.69) is 0 Å². The second kappa shape index (κ2) is 6.43. The molecule has 0 spiro atoms. The molecule has 5 rings (SSSR count). The van der Waals surface area contributed by atoms with Gasteiger partial charge in [0.15, 0.2) is 19.0 Å². The largest absolute Gasteiger partial charge is 0.482 e. The van der Waals surface area contributed by atoms with Crippen LogP contribution in [0, 0.1) is 29.0 Å². The van der Waals surface area contributed by atoms with E-state index in [-0.39, 0.29) is 30.2 Å². The van der Waals surface area contributed by atoms with E-state index < -0.39 is 11.8 Å². The Morgan fingerprint density at radius 3 is 2.28 bits per heavy atom. The Morgan fingerprint density at radius 1 is 1.04 bits per heavy atom. The van der Waals surface area contributed by atoms with Gasteiger partial charge in [-0.2, -0.15) is 0 Å². The lowest BCUT2D eigenvalue weighted by molar-refractivity contribution is -0.158. The van der Waals surface area contributed by atoms with E-state index in [1.54, 1.807) is 6.07 Å². The highest BCUT2D eigenvalue weighted by atomic mass is 19.1. The lowest BCUT2D eigenvalue weighted by Crippen LogP contribution is -2.51. The summed E-state index contributed by atoms with van der Waals surface area (Å²) in [6.45, 7) is -0.491. The molecule has 1 aromatic rings. The molecule has 4 nitrogen and oxygen atoms in total. The molecular weight excluding hydrogens is 323 g/mol. The Kier molecular flexibility index (Phi) is 4.26. The van der Waals surface area contributed by atoms with Gasteiger partial charge in [-0.15, -0.1) is 0 Å².